The van der Waals surface area contributed by atoms with Crippen LogP contribution < -0.4 is 10.5 Å². The van der Waals surface area contributed by atoms with Crippen LogP contribution in [0.1, 0.15) is 52.1 Å². The maximum Gasteiger partial charge on any atom is 0.241 e. The third kappa shape index (κ3) is 7.19. The van der Waals surface area contributed by atoms with Crippen LogP contribution in [-0.2, 0) is 26.2 Å². The Kier molecular flexibility index (Phi) is 9.49. The maximum atomic E-state index is 16.7. The third-order valence-corrected chi connectivity index (χ3v) is 8.90. The standard InChI is InChI=1S/C33H37F3N6O4S/c1-19(43)41-13-10-21(11-14-41)42-17-24(20-9-12-38-28(15-20)39-33(2,3)4)32(40-42)23-8-6-7-22(30(23)35)29-25(18-46-5)31(36)27(16-26(29)34)47(37,44)45/h6-9,12,15-17,21H,10-11,13-14,18H2,1-5H3,(H,38,39)(H2,37,44,45). The van der Waals surface area contributed by atoms with Crippen molar-refractivity contribution in [1.82, 2.24) is 19.7 Å². The normalized spacial score (nSPS) is 14.4. The number of likely N-dealkylation sites (tertiary alicyclic amines) is 1. The van der Waals surface area contributed by atoms with Gasteiger partial charge in [0.05, 0.1) is 12.6 Å². The van der Waals surface area contributed by atoms with Crippen LogP contribution in [0.3, 0.4) is 0 Å². The van der Waals surface area contributed by atoms with Crippen LogP contribution in [0.2, 0.25) is 0 Å². The molecule has 1 saturated heterocycles. The summed E-state index contributed by atoms with van der Waals surface area (Å²) in [5.74, 6) is -2.82. The minimum atomic E-state index is -4.63. The second-order valence-corrected chi connectivity index (χ2v) is 14.1. The van der Waals surface area contributed by atoms with E-state index in [0.29, 0.717) is 48.9 Å². The number of halogens is 3. The molecule has 2 aromatic carbocycles. The Labute approximate surface area is 271 Å². The Morgan fingerprint density at radius 3 is 2.36 bits per heavy atom. The van der Waals surface area contributed by atoms with Crippen LogP contribution in [0.4, 0.5) is 19.0 Å². The molecule has 0 saturated carbocycles. The summed E-state index contributed by atoms with van der Waals surface area (Å²) in [7, 11) is -3.42. The number of nitrogens with zero attached hydrogens (tertiary/aromatic N) is 4. The number of carbonyl (C=O) groups is 1. The second-order valence-electron chi connectivity index (χ2n) is 12.6. The Hall–Kier alpha value is -4.27. The quantitative estimate of drug-likeness (QED) is 0.239. The third-order valence-electron chi connectivity index (χ3n) is 7.99. The van der Waals surface area contributed by atoms with Crippen molar-refractivity contribution >= 4 is 21.7 Å². The number of nitrogens with one attached hydrogen (secondary N) is 1. The number of ether oxygens (including phenoxy) is 1. The van der Waals surface area contributed by atoms with Gasteiger partial charge in [0, 0.05) is 72.9 Å². The molecule has 10 nitrogen and oxygen atoms in total. The first-order valence-electron chi connectivity index (χ1n) is 15.0. The summed E-state index contributed by atoms with van der Waals surface area (Å²) in [4.78, 5) is 17.1. The molecule has 2 aromatic heterocycles. The number of amides is 1. The van der Waals surface area contributed by atoms with Crippen LogP contribution in [0, 0.1) is 17.5 Å². The van der Waals surface area contributed by atoms with E-state index in [4.69, 9.17) is 15.0 Å². The van der Waals surface area contributed by atoms with Crippen LogP contribution in [0.15, 0.2) is 53.7 Å². The van der Waals surface area contributed by atoms with E-state index in [1.807, 2.05) is 33.0 Å². The van der Waals surface area contributed by atoms with Gasteiger partial charge < -0.3 is 15.0 Å². The first-order valence-corrected chi connectivity index (χ1v) is 16.5. The van der Waals surface area contributed by atoms with Crippen LogP contribution >= 0.6 is 0 Å². The van der Waals surface area contributed by atoms with Gasteiger partial charge in [0.1, 0.15) is 33.9 Å². The Morgan fingerprint density at radius 1 is 1.06 bits per heavy atom. The monoisotopic (exact) mass is 670 g/mol. The topological polar surface area (TPSA) is 132 Å². The molecule has 0 aliphatic carbocycles. The molecule has 3 N–H and O–H groups in total. The molecule has 0 radical (unpaired) electrons. The maximum absolute atomic E-state index is 16.7. The van der Waals surface area contributed by atoms with Gasteiger partial charge in [0.15, 0.2) is 0 Å². The molecule has 0 atom stereocenters. The number of hydrogen-bond donors (Lipinski definition) is 2. The minimum absolute atomic E-state index is 0.00607. The molecule has 1 aliphatic rings. The fourth-order valence-corrected chi connectivity index (χ4v) is 6.46. The number of methoxy groups -OCH3 is 1. The molecule has 250 valence electrons. The first kappa shape index (κ1) is 34.1. The molecule has 1 fully saturated rings. The van der Waals surface area contributed by atoms with Gasteiger partial charge in [-0.25, -0.2) is 31.7 Å². The summed E-state index contributed by atoms with van der Waals surface area (Å²) in [6, 6.07) is 8.22. The van der Waals surface area contributed by atoms with Crippen LogP contribution in [0.25, 0.3) is 33.5 Å². The Balaban J connectivity index is 1.69. The lowest BCUT2D eigenvalue weighted by Gasteiger charge is -2.31. The summed E-state index contributed by atoms with van der Waals surface area (Å²) in [6.07, 6.45) is 4.72. The zero-order chi connectivity index (χ0) is 34.3. The van der Waals surface area contributed by atoms with E-state index in [0.717, 1.165) is 0 Å². The summed E-state index contributed by atoms with van der Waals surface area (Å²) < 4.78 is 78.6. The molecule has 0 bridgehead atoms. The molecule has 0 unspecified atom stereocenters. The van der Waals surface area contributed by atoms with E-state index in [1.165, 1.54) is 32.2 Å². The molecule has 14 heteroatoms. The molecular weight excluding hydrogens is 633 g/mol. The highest BCUT2D eigenvalue weighted by atomic mass is 32.2. The average molecular weight is 671 g/mol. The number of anilines is 1. The van der Waals surface area contributed by atoms with Gasteiger partial charge in [-0.15, -0.1) is 0 Å². The molecule has 1 amide bonds. The number of sulfonamides is 1. The summed E-state index contributed by atoms with van der Waals surface area (Å²) in [5, 5.41) is 13.3. The number of aromatic nitrogens is 3. The van der Waals surface area contributed by atoms with Gasteiger partial charge in [-0.3, -0.25) is 9.48 Å². The van der Waals surface area contributed by atoms with Crippen molar-refractivity contribution in [3.63, 3.8) is 0 Å². The van der Waals surface area contributed by atoms with Crippen molar-refractivity contribution in [1.29, 1.82) is 0 Å². The fourth-order valence-electron chi connectivity index (χ4n) is 5.82. The predicted octanol–water partition coefficient (Wildman–Crippen LogP) is 5.88. The van der Waals surface area contributed by atoms with Crippen molar-refractivity contribution in [3.8, 4) is 33.5 Å². The molecule has 5 rings (SSSR count). The lowest BCUT2D eigenvalue weighted by Crippen LogP contribution is -2.37. The van der Waals surface area contributed by atoms with Crippen LogP contribution in [-0.4, -0.2) is 59.7 Å². The number of nitrogens with two attached hydrogens (primary N) is 1. The van der Waals surface area contributed by atoms with Crippen LogP contribution in [0.5, 0.6) is 0 Å². The molecule has 1 aliphatic heterocycles. The van der Waals surface area contributed by atoms with E-state index in [-0.39, 0.29) is 34.3 Å². The smallest absolute Gasteiger partial charge is 0.241 e. The number of piperidine rings is 1. The van der Waals surface area contributed by atoms with Gasteiger partial charge in [-0.1, -0.05) is 12.1 Å². The minimum Gasteiger partial charge on any atom is -0.380 e. The highest BCUT2D eigenvalue weighted by Gasteiger charge is 2.29. The van der Waals surface area contributed by atoms with E-state index < -0.39 is 50.1 Å². The zero-order valence-corrected chi connectivity index (χ0v) is 27.6. The van der Waals surface area contributed by atoms with Gasteiger partial charge in [0.25, 0.3) is 0 Å². The van der Waals surface area contributed by atoms with E-state index in [2.05, 4.69) is 10.3 Å². The lowest BCUT2D eigenvalue weighted by molar-refractivity contribution is -0.130. The highest BCUT2D eigenvalue weighted by Crippen LogP contribution is 2.40. The number of pyridine rings is 1. The van der Waals surface area contributed by atoms with Gasteiger partial charge >= 0.3 is 0 Å². The SMILES string of the molecule is COCc1c(F)c(S(N)(=O)=O)cc(F)c1-c1cccc(-c2nn(C3CCN(C(C)=O)CC3)cc2-c2ccnc(NC(C)(C)C)c2)c1F. The van der Waals surface area contributed by atoms with Crippen molar-refractivity contribution in [2.45, 2.75) is 63.6 Å². The highest BCUT2D eigenvalue weighted by molar-refractivity contribution is 7.89. The van der Waals surface area contributed by atoms with Crippen molar-refractivity contribution in [2.24, 2.45) is 5.14 Å². The number of benzene rings is 2. The molecule has 3 heterocycles. The predicted molar refractivity (Wildman–Crippen MR) is 172 cm³/mol. The number of hydrogen-bond acceptors (Lipinski definition) is 7. The summed E-state index contributed by atoms with van der Waals surface area (Å²) in [5.41, 5.74) is -0.0675. The molecule has 4 aromatic rings. The zero-order valence-electron chi connectivity index (χ0n) is 26.8. The molecule has 47 heavy (non-hydrogen) atoms. The molecule has 0 spiro atoms. The first-order chi connectivity index (χ1) is 22.1. The van der Waals surface area contributed by atoms with Gasteiger partial charge in [0.2, 0.25) is 15.9 Å². The van der Waals surface area contributed by atoms with Crippen molar-refractivity contribution in [2.75, 3.05) is 25.5 Å². The summed E-state index contributed by atoms with van der Waals surface area (Å²) in [6.45, 7) is 8.06. The van der Waals surface area contributed by atoms with E-state index in [9.17, 15) is 13.2 Å². The van der Waals surface area contributed by atoms with E-state index in [1.54, 1.807) is 21.8 Å². The van der Waals surface area contributed by atoms with Gasteiger partial charge in [-0.2, -0.15) is 5.10 Å². The Bertz CT molecular complexity index is 1930. The number of carbonyl (C=O) groups excluding carboxylic acids is 1. The van der Waals surface area contributed by atoms with Gasteiger partial charge in [-0.05, 0) is 63.4 Å². The number of primary sulfonamides is 1. The lowest BCUT2D eigenvalue weighted by atomic mass is 9.94. The van der Waals surface area contributed by atoms with Crippen molar-refractivity contribution < 1.29 is 31.1 Å². The molecular formula is C33H37F3N6O4S. The Morgan fingerprint density at radius 2 is 1.74 bits per heavy atom. The summed E-state index contributed by atoms with van der Waals surface area (Å²) >= 11 is 0. The second kappa shape index (κ2) is 13.1. The van der Waals surface area contributed by atoms with E-state index >= 15 is 13.2 Å². The largest absolute Gasteiger partial charge is 0.380 e. The fraction of sp³-hybridized carbons (Fsp3) is 0.364. The average Bonchev–Trinajstić information content (AvgIpc) is 3.44. The number of rotatable bonds is 8. The van der Waals surface area contributed by atoms with Crippen molar-refractivity contribution in [3.05, 3.63) is 71.8 Å².